The van der Waals surface area contributed by atoms with E-state index in [1.54, 1.807) is 0 Å². The van der Waals surface area contributed by atoms with Crippen molar-refractivity contribution in [3.63, 3.8) is 0 Å². The predicted octanol–water partition coefficient (Wildman–Crippen LogP) is 0.0462. The van der Waals surface area contributed by atoms with E-state index in [1.165, 1.54) is 0 Å². The second kappa shape index (κ2) is 2.93. The highest BCUT2D eigenvalue weighted by Crippen LogP contribution is 1.79. The molecule has 0 aromatic heterocycles. The quantitative estimate of drug-likeness (QED) is 0.268. The van der Waals surface area contributed by atoms with Crippen molar-refractivity contribution in [3.05, 3.63) is 12.5 Å². The van der Waals surface area contributed by atoms with Gasteiger partial charge in [-0.25, -0.2) is 9.86 Å². The molecule has 3 N–H and O–H groups in total. The van der Waals surface area contributed by atoms with E-state index in [0.29, 0.717) is 5.06 Å². The molecule has 0 atom stereocenters. The molecule has 0 heterocycles. The highest BCUT2D eigenvalue weighted by Gasteiger charge is 2.03. The normalized spacial score (nSPS) is 8.22. The number of rotatable bonds is 1. The zero-order valence-corrected chi connectivity index (χ0v) is 4.96. The lowest BCUT2D eigenvalue weighted by Crippen LogP contribution is -2.33. The van der Waals surface area contributed by atoms with Gasteiger partial charge in [-0.15, -0.1) is 0 Å². The van der Waals surface area contributed by atoms with E-state index in [2.05, 4.69) is 6.58 Å². The topological polar surface area (TPSA) is 72.8 Å². The third kappa shape index (κ3) is 3.36. The fourth-order valence-corrected chi connectivity index (χ4v) is 0.204. The van der Waals surface area contributed by atoms with Crippen LogP contribution >= 0.6 is 0 Å². The van der Waals surface area contributed by atoms with Crippen LogP contribution in [-0.4, -0.2) is 28.5 Å². The molecule has 2 amide bonds. The van der Waals surface area contributed by atoms with Crippen LogP contribution in [0.3, 0.4) is 0 Å². The molecule has 0 aromatic carbocycles. The number of carbonyl (C=O) groups excluding carboxylic acids is 1. The van der Waals surface area contributed by atoms with Gasteiger partial charge in [0, 0.05) is 7.05 Å². The van der Waals surface area contributed by atoms with Crippen LogP contribution in [0.1, 0.15) is 0 Å². The molecule has 5 heteroatoms. The lowest BCUT2D eigenvalue weighted by Gasteiger charge is -2.07. The van der Waals surface area contributed by atoms with Crippen molar-refractivity contribution in [2.24, 2.45) is 0 Å². The van der Waals surface area contributed by atoms with Gasteiger partial charge in [0.05, 0.1) is 0 Å². The number of hydrogen-bond acceptors (Lipinski definition) is 3. The van der Waals surface area contributed by atoms with Crippen LogP contribution in [0.5, 0.6) is 0 Å². The van der Waals surface area contributed by atoms with Gasteiger partial charge in [0.15, 0.2) is 5.88 Å². The highest BCUT2D eigenvalue weighted by atomic mass is 16.5. The van der Waals surface area contributed by atoms with Gasteiger partial charge in [-0.3, -0.25) is 10.5 Å². The number of aliphatic hydroxyl groups excluding tert-OH is 1. The first-order valence-electron chi connectivity index (χ1n) is 2.15. The molecule has 0 aromatic rings. The van der Waals surface area contributed by atoms with Crippen LogP contribution in [0, 0.1) is 0 Å². The molecule has 0 bridgehead atoms. The Balaban J connectivity index is 3.64. The van der Waals surface area contributed by atoms with Crippen molar-refractivity contribution in [3.8, 4) is 0 Å². The van der Waals surface area contributed by atoms with E-state index in [-0.39, 0.29) is 0 Å². The van der Waals surface area contributed by atoms with Gasteiger partial charge in [-0.2, -0.15) is 0 Å². The van der Waals surface area contributed by atoms with E-state index in [4.69, 9.17) is 10.3 Å². The minimum Gasteiger partial charge on any atom is -0.495 e. The van der Waals surface area contributed by atoms with Gasteiger partial charge in [-0.1, -0.05) is 0 Å². The zero-order chi connectivity index (χ0) is 7.44. The summed E-state index contributed by atoms with van der Waals surface area (Å²) in [6, 6.07) is -0.831. The predicted molar refractivity (Wildman–Crippen MR) is 29.8 cm³/mol. The van der Waals surface area contributed by atoms with Crippen molar-refractivity contribution < 1.29 is 15.1 Å². The molecule has 0 saturated heterocycles. The highest BCUT2D eigenvalue weighted by molar-refractivity contribution is 5.73. The second-order valence-electron chi connectivity index (χ2n) is 1.40. The van der Waals surface area contributed by atoms with Gasteiger partial charge in [0.2, 0.25) is 0 Å². The Kier molecular flexibility index (Phi) is 2.53. The molecule has 0 rings (SSSR count). The molecule has 9 heavy (non-hydrogen) atoms. The number of carbonyl (C=O) groups is 1. The number of hydrogen-bond donors (Lipinski definition) is 3. The molecular formula is C4H8N2O3. The summed E-state index contributed by atoms with van der Waals surface area (Å²) in [5, 5.41) is 18.8. The van der Waals surface area contributed by atoms with Gasteiger partial charge in [0.25, 0.3) is 0 Å². The van der Waals surface area contributed by atoms with Gasteiger partial charge < -0.3 is 5.11 Å². The molecule has 0 radical (unpaired) electrons. The number of nitrogens with zero attached hydrogens (tertiary/aromatic N) is 1. The molecule has 5 nitrogen and oxygen atoms in total. The maximum atomic E-state index is 10.3. The Labute approximate surface area is 52.2 Å². The summed E-state index contributed by atoms with van der Waals surface area (Å²) in [6.07, 6.45) is 0. The fourth-order valence-electron chi connectivity index (χ4n) is 0.204. The number of urea groups is 1. The standard InChI is InChI=1S/C4H8N2O3/c1-3(7)5-4(8)6(2)9/h7,9H,1H2,2H3,(H,5,8). The molecule has 0 aliphatic heterocycles. The number of hydroxylamine groups is 2. The fraction of sp³-hybridized carbons (Fsp3) is 0.250. The summed E-state index contributed by atoms with van der Waals surface area (Å²) >= 11 is 0. The third-order valence-corrected chi connectivity index (χ3v) is 0.545. The smallest absolute Gasteiger partial charge is 0.347 e. The second-order valence-corrected chi connectivity index (χ2v) is 1.40. The molecule has 0 aliphatic rings. The zero-order valence-electron chi connectivity index (χ0n) is 4.96. The van der Waals surface area contributed by atoms with Crippen LogP contribution in [0.4, 0.5) is 4.79 Å². The Bertz CT molecular complexity index is 132. The van der Waals surface area contributed by atoms with Crippen LogP contribution in [0.2, 0.25) is 0 Å². The molecule has 0 aliphatic carbocycles. The molecule has 0 unspecified atom stereocenters. The molecular weight excluding hydrogens is 124 g/mol. The summed E-state index contributed by atoms with van der Waals surface area (Å²) in [5.41, 5.74) is 0. The summed E-state index contributed by atoms with van der Waals surface area (Å²) in [4.78, 5) is 10.3. The Hall–Kier alpha value is -1.23. The monoisotopic (exact) mass is 132 g/mol. The lowest BCUT2D eigenvalue weighted by molar-refractivity contribution is -0.0184. The summed E-state index contributed by atoms with van der Waals surface area (Å²) < 4.78 is 0. The van der Waals surface area contributed by atoms with Crippen molar-refractivity contribution in [2.75, 3.05) is 7.05 Å². The van der Waals surface area contributed by atoms with Crippen LogP contribution in [0.15, 0.2) is 12.5 Å². The number of aliphatic hydroxyl groups is 1. The SMILES string of the molecule is C=C(O)NC(=O)N(C)O. The minimum atomic E-state index is -0.831. The van der Waals surface area contributed by atoms with Crippen molar-refractivity contribution >= 4 is 6.03 Å². The van der Waals surface area contributed by atoms with Crippen molar-refractivity contribution in [2.45, 2.75) is 0 Å². The molecule has 52 valence electrons. The van der Waals surface area contributed by atoms with Gasteiger partial charge >= 0.3 is 6.03 Å². The first-order chi connectivity index (χ1) is 4.04. The van der Waals surface area contributed by atoms with E-state index in [0.717, 1.165) is 7.05 Å². The summed E-state index contributed by atoms with van der Waals surface area (Å²) in [7, 11) is 1.12. The summed E-state index contributed by atoms with van der Waals surface area (Å²) in [6.45, 7) is 2.96. The largest absolute Gasteiger partial charge is 0.495 e. The van der Waals surface area contributed by atoms with E-state index >= 15 is 0 Å². The molecule has 0 spiro atoms. The van der Waals surface area contributed by atoms with Crippen molar-refractivity contribution in [1.29, 1.82) is 0 Å². The van der Waals surface area contributed by atoms with Gasteiger partial charge in [-0.05, 0) is 6.58 Å². The average molecular weight is 132 g/mol. The third-order valence-electron chi connectivity index (χ3n) is 0.545. The summed E-state index contributed by atoms with van der Waals surface area (Å²) in [5.74, 6) is -0.499. The van der Waals surface area contributed by atoms with E-state index in [9.17, 15) is 4.79 Å². The van der Waals surface area contributed by atoms with Crippen LogP contribution < -0.4 is 5.32 Å². The number of nitrogens with one attached hydrogen (secondary N) is 1. The van der Waals surface area contributed by atoms with Crippen LogP contribution in [0.25, 0.3) is 0 Å². The molecule has 0 saturated carbocycles. The Morgan fingerprint density at radius 1 is 1.78 bits per heavy atom. The Morgan fingerprint density at radius 3 is 2.33 bits per heavy atom. The first-order valence-corrected chi connectivity index (χ1v) is 2.15. The van der Waals surface area contributed by atoms with Crippen LogP contribution in [-0.2, 0) is 0 Å². The number of amides is 2. The Morgan fingerprint density at radius 2 is 2.22 bits per heavy atom. The molecule has 0 fully saturated rings. The van der Waals surface area contributed by atoms with Gasteiger partial charge in [0.1, 0.15) is 0 Å². The lowest BCUT2D eigenvalue weighted by atomic mass is 10.8. The average Bonchev–Trinajstić information content (AvgIpc) is 1.63. The van der Waals surface area contributed by atoms with Crippen molar-refractivity contribution in [1.82, 2.24) is 10.4 Å². The van der Waals surface area contributed by atoms with E-state index in [1.807, 2.05) is 5.32 Å². The maximum Gasteiger partial charge on any atom is 0.347 e. The first kappa shape index (κ1) is 7.77. The minimum absolute atomic E-state index is 0.293. The van der Waals surface area contributed by atoms with E-state index < -0.39 is 11.9 Å². The maximum absolute atomic E-state index is 10.3.